The molecule has 0 radical (unpaired) electrons. The molecule has 0 spiro atoms. The molecule has 0 saturated heterocycles. The molecule has 0 saturated carbocycles. The second kappa shape index (κ2) is 5.10. The summed E-state index contributed by atoms with van der Waals surface area (Å²) in [6, 6.07) is 10.5. The van der Waals surface area contributed by atoms with Crippen LogP contribution in [0.3, 0.4) is 0 Å². The lowest BCUT2D eigenvalue weighted by Crippen LogP contribution is -2.01. The number of halogens is 2. The van der Waals surface area contributed by atoms with Crippen molar-refractivity contribution in [2.75, 3.05) is 11.9 Å². The van der Waals surface area contributed by atoms with Gasteiger partial charge in [0.1, 0.15) is 11.6 Å². The molecule has 3 rings (SSSR count). The van der Waals surface area contributed by atoms with Crippen LogP contribution in [0.2, 0.25) is 5.02 Å². The molecule has 1 N–H and O–H groups in total. The van der Waals surface area contributed by atoms with E-state index in [2.05, 4.69) is 11.4 Å². The maximum absolute atomic E-state index is 13.6. The Morgan fingerprint density at radius 3 is 3.00 bits per heavy atom. The van der Waals surface area contributed by atoms with Gasteiger partial charge in [-0.3, -0.25) is 0 Å². The number of rotatable bonds is 3. The predicted octanol–water partition coefficient (Wildman–Crippen LogP) is 4.03. The minimum atomic E-state index is -0.297. The molecule has 0 atom stereocenters. The van der Waals surface area contributed by atoms with Crippen LogP contribution >= 0.6 is 11.6 Å². The summed E-state index contributed by atoms with van der Waals surface area (Å²) in [5.41, 5.74) is 2.73. The molecule has 1 aliphatic rings. The lowest BCUT2D eigenvalue weighted by molar-refractivity contribution is 0.357. The Morgan fingerprint density at radius 1 is 1.21 bits per heavy atom. The lowest BCUT2D eigenvalue weighted by atomic mass is 10.1. The number of ether oxygens (including phenoxy) is 1. The van der Waals surface area contributed by atoms with Gasteiger partial charge in [0.15, 0.2) is 0 Å². The van der Waals surface area contributed by atoms with Crippen molar-refractivity contribution in [3.63, 3.8) is 0 Å². The highest BCUT2D eigenvalue weighted by atomic mass is 35.5. The molecule has 0 unspecified atom stereocenters. The summed E-state index contributed by atoms with van der Waals surface area (Å²) in [7, 11) is 0. The Bertz CT molecular complexity index is 615. The molecule has 0 bridgehead atoms. The first kappa shape index (κ1) is 12.3. The van der Waals surface area contributed by atoms with E-state index in [1.807, 2.05) is 12.1 Å². The van der Waals surface area contributed by atoms with Crippen molar-refractivity contribution in [1.82, 2.24) is 0 Å². The third kappa shape index (κ3) is 2.66. The summed E-state index contributed by atoms with van der Waals surface area (Å²) >= 11 is 5.85. The molecule has 0 aliphatic carbocycles. The summed E-state index contributed by atoms with van der Waals surface area (Å²) < 4.78 is 19.0. The minimum absolute atomic E-state index is 0.297. The number of benzene rings is 2. The maximum Gasteiger partial charge on any atom is 0.146 e. The van der Waals surface area contributed by atoms with Gasteiger partial charge in [-0.15, -0.1) is 0 Å². The van der Waals surface area contributed by atoms with Crippen LogP contribution in [0.5, 0.6) is 5.75 Å². The van der Waals surface area contributed by atoms with Gasteiger partial charge in [0.25, 0.3) is 0 Å². The Kier molecular flexibility index (Phi) is 3.30. The van der Waals surface area contributed by atoms with Crippen molar-refractivity contribution in [2.45, 2.75) is 13.0 Å². The number of fused-ring (bicyclic) bond motifs is 1. The standard InChI is InChI=1S/C15H13ClFNO/c16-12-2-3-13(17)14(8-12)18-9-10-1-4-15-11(7-10)5-6-19-15/h1-4,7-8,18H,5-6,9H2. The predicted molar refractivity (Wildman–Crippen MR) is 74.4 cm³/mol. The normalized spacial score (nSPS) is 12.9. The highest BCUT2D eigenvalue weighted by Crippen LogP contribution is 2.26. The first-order chi connectivity index (χ1) is 9.22. The first-order valence-electron chi connectivity index (χ1n) is 6.16. The number of hydrogen-bond donors (Lipinski definition) is 1. The van der Waals surface area contributed by atoms with Gasteiger partial charge in [0, 0.05) is 18.0 Å². The van der Waals surface area contributed by atoms with Crippen LogP contribution < -0.4 is 10.1 Å². The zero-order chi connectivity index (χ0) is 13.2. The molecule has 0 aromatic heterocycles. The summed E-state index contributed by atoms with van der Waals surface area (Å²) in [6.07, 6.45) is 0.939. The van der Waals surface area contributed by atoms with E-state index in [0.29, 0.717) is 17.3 Å². The van der Waals surface area contributed by atoms with Crippen LogP contribution in [0.4, 0.5) is 10.1 Å². The van der Waals surface area contributed by atoms with Crippen LogP contribution in [0.25, 0.3) is 0 Å². The Morgan fingerprint density at radius 2 is 2.11 bits per heavy atom. The van der Waals surface area contributed by atoms with Gasteiger partial charge in [-0.2, -0.15) is 0 Å². The van der Waals surface area contributed by atoms with E-state index in [1.165, 1.54) is 17.7 Å². The third-order valence-corrected chi connectivity index (χ3v) is 3.40. The van der Waals surface area contributed by atoms with Crippen LogP contribution in [0.1, 0.15) is 11.1 Å². The second-order valence-corrected chi connectivity index (χ2v) is 4.95. The Hall–Kier alpha value is -1.74. The topological polar surface area (TPSA) is 21.3 Å². The largest absolute Gasteiger partial charge is 0.493 e. The Labute approximate surface area is 116 Å². The van der Waals surface area contributed by atoms with E-state index in [4.69, 9.17) is 16.3 Å². The molecule has 4 heteroatoms. The summed E-state index contributed by atoms with van der Waals surface area (Å²) in [4.78, 5) is 0. The van der Waals surface area contributed by atoms with E-state index in [9.17, 15) is 4.39 Å². The van der Waals surface area contributed by atoms with Crippen LogP contribution in [0, 0.1) is 5.82 Å². The lowest BCUT2D eigenvalue weighted by Gasteiger charge is -2.09. The van der Waals surface area contributed by atoms with Gasteiger partial charge in [0.05, 0.1) is 12.3 Å². The fraction of sp³-hybridized carbons (Fsp3) is 0.200. The van der Waals surface area contributed by atoms with Gasteiger partial charge in [-0.25, -0.2) is 4.39 Å². The smallest absolute Gasteiger partial charge is 0.146 e. The van der Waals surface area contributed by atoms with E-state index < -0.39 is 0 Å². The molecule has 19 heavy (non-hydrogen) atoms. The van der Waals surface area contributed by atoms with Crippen molar-refractivity contribution in [3.8, 4) is 5.75 Å². The van der Waals surface area contributed by atoms with E-state index in [0.717, 1.165) is 24.3 Å². The SMILES string of the molecule is Fc1ccc(Cl)cc1NCc1ccc2c(c1)CCO2. The fourth-order valence-electron chi connectivity index (χ4n) is 2.18. The molecule has 0 fully saturated rings. The van der Waals surface area contributed by atoms with Crippen LogP contribution in [-0.4, -0.2) is 6.61 Å². The third-order valence-electron chi connectivity index (χ3n) is 3.17. The molecule has 1 aliphatic heterocycles. The highest BCUT2D eigenvalue weighted by Gasteiger charge is 2.12. The molecule has 1 heterocycles. The Balaban J connectivity index is 1.74. The average molecular weight is 278 g/mol. The van der Waals surface area contributed by atoms with Crippen molar-refractivity contribution in [1.29, 1.82) is 0 Å². The second-order valence-electron chi connectivity index (χ2n) is 4.52. The van der Waals surface area contributed by atoms with Gasteiger partial charge in [-0.05, 0) is 35.4 Å². The number of anilines is 1. The maximum atomic E-state index is 13.6. The van der Waals surface area contributed by atoms with Crippen LogP contribution in [0.15, 0.2) is 36.4 Å². The van der Waals surface area contributed by atoms with E-state index in [1.54, 1.807) is 6.07 Å². The van der Waals surface area contributed by atoms with Crippen molar-refractivity contribution >= 4 is 17.3 Å². The monoisotopic (exact) mass is 277 g/mol. The van der Waals surface area contributed by atoms with Crippen LogP contribution in [-0.2, 0) is 13.0 Å². The molecule has 2 aromatic rings. The first-order valence-corrected chi connectivity index (χ1v) is 6.54. The zero-order valence-electron chi connectivity index (χ0n) is 10.2. The fourth-order valence-corrected chi connectivity index (χ4v) is 2.35. The molecule has 0 amide bonds. The average Bonchev–Trinajstić information content (AvgIpc) is 2.87. The van der Waals surface area contributed by atoms with Crippen molar-refractivity contribution < 1.29 is 9.13 Å². The summed E-state index contributed by atoms with van der Waals surface area (Å²) in [5, 5.41) is 3.58. The van der Waals surface area contributed by atoms with E-state index >= 15 is 0 Å². The van der Waals surface area contributed by atoms with Crippen molar-refractivity contribution in [2.24, 2.45) is 0 Å². The molecule has 2 aromatic carbocycles. The highest BCUT2D eigenvalue weighted by molar-refractivity contribution is 6.30. The molecule has 2 nitrogen and oxygen atoms in total. The van der Waals surface area contributed by atoms with E-state index in [-0.39, 0.29) is 5.82 Å². The number of hydrogen-bond acceptors (Lipinski definition) is 2. The molecular weight excluding hydrogens is 265 g/mol. The van der Waals surface area contributed by atoms with Crippen molar-refractivity contribution in [3.05, 3.63) is 58.4 Å². The minimum Gasteiger partial charge on any atom is -0.493 e. The quantitative estimate of drug-likeness (QED) is 0.915. The summed E-state index contributed by atoms with van der Waals surface area (Å²) in [6.45, 7) is 1.31. The molecular formula is C15H13ClFNO. The van der Waals surface area contributed by atoms with Gasteiger partial charge in [-0.1, -0.05) is 23.7 Å². The number of nitrogens with one attached hydrogen (secondary N) is 1. The summed E-state index contributed by atoms with van der Waals surface area (Å²) in [5.74, 6) is 0.659. The van der Waals surface area contributed by atoms with Gasteiger partial charge in [0.2, 0.25) is 0 Å². The van der Waals surface area contributed by atoms with Gasteiger partial charge < -0.3 is 10.1 Å². The molecule has 98 valence electrons. The van der Waals surface area contributed by atoms with Gasteiger partial charge >= 0.3 is 0 Å². The zero-order valence-corrected chi connectivity index (χ0v) is 11.0.